The van der Waals surface area contributed by atoms with Crippen LogP contribution in [0.1, 0.15) is 62.5 Å². The van der Waals surface area contributed by atoms with Gasteiger partial charge in [-0.05, 0) is 78.5 Å². The molecule has 1 aliphatic carbocycles. The van der Waals surface area contributed by atoms with E-state index in [0.717, 1.165) is 50.7 Å². The molecular weight excluding hydrogens is 604 g/mol. The molecule has 0 spiro atoms. The Balaban J connectivity index is 1.30. The van der Waals surface area contributed by atoms with Crippen LogP contribution in [0.5, 0.6) is 5.75 Å². The van der Waals surface area contributed by atoms with Crippen molar-refractivity contribution in [3.63, 3.8) is 0 Å². The molecule has 4 aromatic rings. The summed E-state index contributed by atoms with van der Waals surface area (Å²) in [6.45, 7) is 2.93. The van der Waals surface area contributed by atoms with Crippen molar-refractivity contribution in [2.45, 2.75) is 63.6 Å². The van der Waals surface area contributed by atoms with Crippen LogP contribution in [0.2, 0.25) is 0 Å². The highest BCUT2D eigenvalue weighted by Crippen LogP contribution is 2.39. The Morgan fingerprint density at radius 1 is 0.667 bits per heavy atom. The summed E-state index contributed by atoms with van der Waals surface area (Å²) >= 11 is 0. The molecular formula is C35H30F8O2. The number of benzene rings is 4. The first-order valence-electron chi connectivity index (χ1n) is 14.7. The summed E-state index contributed by atoms with van der Waals surface area (Å²) in [5, 5.41) is 0. The van der Waals surface area contributed by atoms with E-state index in [1.807, 2.05) is 24.3 Å². The summed E-state index contributed by atoms with van der Waals surface area (Å²) in [5.41, 5.74) is -0.0666. The molecule has 0 heterocycles. The van der Waals surface area contributed by atoms with E-state index in [1.54, 1.807) is 6.07 Å². The molecule has 1 fully saturated rings. The fraction of sp³-hybridized carbons (Fsp3) is 0.314. The van der Waals surface area contributed by atoms with Gasteiger partial charge in [0.15, 0.2) is 17.5 Å². The van der Waals surface area contributed by atoms with Gasteiger partial charge in [0.25, 0.3) is 0 Å². The maximum Gasteiger partial charge on any atom is 0.432 e. The van der Waals surface area contributed by atoms with E-state index in [1.165, 1.54) is 17.7 Å². The minimum absolute atomic E-state index is 0.108. The van der Waals surface area contributed by atoms with E-state index < -0.39 is 52.3 Å². The van der Waals surface area contributed by atoms with Crippen molar-refractivity contribution in [1.29, 1.82) is 0 Å². The molecule has 0 N–H and O–H groups in total. The number of alkyl halides is 2. The highest BCUT2D eigenvalue weighted by molar-refractivity contribution is 5.71. The number of rotatable bonds is 10. The van der Waals surface area contributed by atoms with Crippen molar-refractivity contribution in [2.24, 2.45) is 0 Å². The summed E-state index contributed by atoms with van der Waals surface area (Å²) in [7, 11) is 0. The second kappa shape index (κ2) is 13.6. The molecule has 10 heteroatoms. The lowest BCUT2D eigenvalue weighted by Crippen LogP contribution is -2.25. The number of unbranched alkanes of at least 4 members (excludes halogenated alkanes) is 1. The Hall–Kier alpha value is -3.92. The zero-order valence-electron chi connectivity index (χ0n) is 24.3. The van der Waals surface area contributed by atoms with Crippen LogP contribution in [0, 0.1) is 34.9 Å². The Morgan fingerprint density at radius 2 is 1.24 bits per heavy atom. The molecule has 0 bridgehead atoms. The normalized spacial score (nSPS) is 17.0. The smallest absolute Gasteiger partial charge is 0.429 e. The van der Waals surface area contributed by atoms with Crippen LogP contribution >= 0.6 is 0 Å². The van der Waals surface area contributed by atoms with Crippen LogP contribution in [-0.2, 0) is 10.8 Å². The van der Waals surface area contributed by atoms with Gasteiger partial charge in [0.05, 0.1) is 6.10 Å². The molecule has 0 radical (unpaired) electrons. The van der Waals surface area contributed by atoms with Crippen molar-refractivity contribution in [3.05, 3.63) is 113 Å². The van der Waals surface area contributed by atoms with Gasteiger partial charge >= 0.3 is 6.11 Å². The van der Waals surface area contributed by atoms with Gasteiger partial charge in [-0.2, -0.15) is 8.78 Å². The molecule has 0 amide bonds. The fourth-order valence-corrected chi connectivity index (χ4v) is 5.63. The maximum atomic E-state index is 15.2. The molecule has 238 valence electrons. The summed E-state index contributed by atoms with van der Waals surface area (Å²) in [4.78, 5) is 0. The predicted octanol–water partition coefficient (Wildman–Crippen LogP) is 10.8. The van der Waals surface area contributed by atoms with E-state index in [-0.39, 0.29) is 23.3 Å². The topological polar surface area (TPSA) is 18.5 Å². The van der Waals surface area contributed by atoms with Crippen LogP contribution in [0.15, 0.2) is 66.7 Å². The molecule has 4 aromatic carbocycles. The van der Waals surface area contributed by atoms with Gasteiger partial charge in [-0.1, -0.05) is 49.7 Å². The zero-order valence-corrected chi connectivity index (χ0v) is 24.3. The summed E-state index contributed by atoms with van der Waals surface area (Å²) in [5.74, 6) is -10.8. The van der Waals surface area contributed by atoms with Crippen molar-refractivity contribution < 1.29 is 44.6 Å². The Labute approximate surface area is 255 Å². The third-order valence-electron chi connectivity index (χ3n) is 8.06. The van der Waals surface area contributed by atoms with E-state index >= 15 is 4.39 Å². The largest absolute Gasteiger partial charge is 0.432 e. The Kier molecular flexibility index (Phi) is 9.82. The molecule has 5 rings (SSSR count). The van der Waals surface area contributed by atoms with Gasteiger partial charge in [-0.25, -0.2) is 26.3 Å². The number of hydrogen-bond donors (Lipinski definition) is 0. The lowest BCUT2D eigenvalue weighted by molar-refractivity contribution is -0.189. The SMILES string of the molecule is CCCCOC1CCC(c2ccc(-c3ccc(-c4cc(F)c(C(F)(F)Oc5cc(F)c(F)c(F)c5)c(F)c4)c(F)c3)cc2)CC1. The number of halogens is 8. The molecule has 45 heavy (non-hydrogen) atoms. The van der Waals surface area contributed by atoms with E-state index in [2.05, 4.69) is 11.7 Å². The monoisotopic (exact) mass is 634 g/mol. The average Bonchev–Trinajstić information content (AvgIpc) is 2.99. The summed E-state index contributed by atoms with van der Waals surface area (Å²) in [6.07, 6.45) is 1.76. The maximum absolute atomic E-state index is 15.2. The number of ether oxygens (including phenoxy) is 2. The predicted molar refractivity (Wildman–Crippen MR) is 154 cm³/mol. The van der Waals surface area contributed by atoms with Crippen LogP contribution in [0.25, 0.3) is 22.3 Å². The van der Waals surface area contributed by atoms with Crippen LogP contribution in [0.3, 0.4) is 0 Å². The first-order valence-corrected chi connectivity index (χ1v) is 14.7. The Bertz CT molecular complexity index is 1600. The van der Waals surface area contributed by atoms with Crippen molar-refractivity contribution in [2.75, 3.05) is 6.61 Å². The minimum Gasteiger partial charge on any atom is -0.429 e. The van der Waals surface area contributed by atoms with Crippen molar-refractivity contribution in [3.8, 4) is 28.0 Å². The molecule has 1 saturated carbocycles. The first-order chi connectivity index (χ1) is 21.5. The van der Waals surface area contributed by atoms with Gasteiger partial charge in [-0.15, -0.1) is 0 Å². The molecule has 0 saturated heterocycles. The quantitative estimate of drug-likeness (QED) is 0.0982. The van der Waals surface area contributed by atoms with E-state index in [0.29, 0.717) is 29.7 Å². The van der Waals surface area contributed by atoms with E-state index in [9.17, 15) is 30.7 Å². The van der Waals surface area contributed by atoms with E-state index in [4.69, 9.17) is 4.74 Å². The van der Waals surface area contributed by atoms with Crippen LogP contribution in [-0.4, -0.2) is 12.7 Å². The standard InChI is InChI=1S/C35H30F8O2/c1-2-3-14-44-25-11-8-21(9-12-25)20-4-6-22(7-5-20)23-10-13-27(28(36)15-23)24-16-29(37)33(30(38)17-24)35(42,43)45-26-18-31(39)34(41)32(40)19-26/h4-7,10,13,15-19,21,25H,2-3,8-9,11-12,14H2,1H3. The van der Waals surface area contributed by atoms with Crippen LogP contribution in [0.4, 0.5) is 35.1 Å². The second-order valence-electron chi connectivity index (χ2n) is 11.1. The van der Waals surface area contributed by atoms with Crippen LogP contribution < -0.4 is 4.74 Å². The lowest BCUT2D eigenvalue weighted by atomic mass is 9.82. The van der Waals surface area contributed by atoms with Gasteiger partial charge in [0.2, 0.25) is 0 Å². The van der Waals surface area contributed by atoms with Gasteiger partial charge in [-0.3, -0.25) is 0 Å². The highest BCUT2D eigenvalue weighted by atomic mass is 19.3. The zero-order chi connectivity index (χ0) is 32.3. The molecule has 0 unspecified atom stereocenters. The highest BCUT2D eigenvalue weighted by Gasteiger charge is 2.41. The summed E-state index contributed by atoms with van der Waals surface area (Å²) < 4.78 is 124. The summed E-state index contributed by atoms with van der Waals surface area (Å²) in [6, 6.07) is 13.0. The number of hydrogen-bond acceptors (Lipinski definition) is 2. The van der Waals surface area contributed by atoms with Gasteiger partial charge in [0.1, 0.15) is 28.8 Å². The van der Waals surface area contributed by atoms with Crippen molar-refractivity contribution >= 4 is 0 Å². The average molecular weight is 635 g/mol. The minimum atomic E-state index is -4.75. The van der Waals surface area contributed by atoms with Gasteiger partial charge in [0, 0.05) is 24.3 Å². The molecule has 0 aromatic heterocycles. The molecule has 0 atom stereocenters. The second-order valence-corrected chi connectivity index (χ2v) is 11.1. The fourth-order valence-electron chi connectivity index (χ4n) is 5.63. The third-order valence-corrected chi connectivity index (χ3v) is 8.06. The van der Waals surface area contributed by atoms with Gasteiger partial charge < -0.3 is 9.47 Å². The first kappa shape index (κ1) is 32.5. The molecule has 0 aliphatic heterocycles. The van der Waals surface area contributed by atoms with Crippen molar-refractivity contribution in [1.82, 2.24) is 0 Å². The lowest BCUT2D eigenvalue weighted by Gasteiger charge is -2.29. The Morgan fingerprint density at radius 3 is 1.82 bits per heavy atom. The molecule has 2 nitrogen and oxygen atoms in total. The third kappa shape index (κ3) is 7.32. The molecule has 1 aliphatic rings.